The number of rotatable bonds is 1. The molecular weight excluding hydrogens is 202 g/mol. The van der Waals surface area contributed by atoms with Gasteiger partial charge in [-0.15, -0.1) is 0 Å². The maximum absolute atomic E-state index is 11.0. The van der Waals surface area contributed by atoms with E-state index in [9.17, 15) is 4.79 Å². The summed E-state index contributed by atoms with van der Waals surface area (Å²) in [4.78, 5) is 11.0. The highest BCUT2D eigenvalue weighted by atomic mass is 16.4. The number of carboxylic acids is 1. The van der Waals surface area contributed by atoms with Crippen LogP contribution in [-0.4, -0.2) is 11.1 Å². The van der Waals surface area contributed by atoms with Crippen molar-refractivity contribution in [2.24, 2.45) is 10.8 Å². The maximum Gasteiger partial charge on any atom is 0.346 e. The fourth-order valence-electron chi connectivity index (χ4n) is 3.09. The molecule has 0 spiro atoms. The molecule has 0 saturated heterocycles. The first-order valence-electron chi connectivity index (χ1n) is 5.52. The van der Waals surface area contributed by atoms with E-state index in [0.29, 0.717) is 12.8 Å². The highest BCUT2D eigenvalue weighted by molar-refractivity contribution is 5.92. The molecule has 0 unspecified atom stereocenters. The van der Waals surface area contributed by atoms with Crippen LogP contribution in [0.5, 0.6) is 0 Å². The molecular formula is C13H19NO2. The van der Waals surface area contributed by atoms with Crippen LogP contribution in [0.15, 0.2) is 11.1 Å². The van der Waals surface area contributed by atoms with Crippen LogP contribution in [0.25, 0.3) is 0 Å². The second-order valence-corrected chi connectivity index (χ2v) is 6.25. The Balaban J connectivity index is 3.17. The first-order valence-corrected chi connectivity index (χ1v) is 5.52. The van der Waals surface area contributed by atoms with E-state index in [-0.39, 0.29) is 16.4 Å². The molecule has 0 aromatic heterocycles. The van der Waals surface area contributed by atoms with Gasteiger partial charge in [0.2, 0.25) is 0 Å². The van der Waals surface area contributed by atoms with Gasteiger partial charge in [0.1, 0.15) is 11.6 Å². The lowest BCUT2D eigenvalue weighted by molar-refractivity contribution is -0.132. The highest BCUT2D eigenvalue weighted by Gasteiger charge is 2.37. The van der Waals surface area contributed by atoms with Gasteiger partial charge >= 0.3 is 5.97 Å². The van der Waals surface area contributed by atoms with E-state index in [0.717, 1.165) is 12.0 Å². The van der Waals surface area contributed by atoms with Crippen molar-refractivity contribution in [2.45, 2.75) is 47.0 Å². The molecule has 1 fully saturated rings. The molecule has 16 heavy (non-hydrogen) atoms. The van der Waals surface area contributed by atoms with E-state index < -0.39 is 5.97 Å². The predicted octanol–water partition coefficient (Wildman–Crippen LogP) is 3.13. The molecule has 0 atom stereocenters. The quantitative estimate of drug-likeness (QED) is 0.546. The third-order valence-electron chi connectivity index (χ3n) is 3.02. The Hall–Kier alpha value is -1.30. The second kappa shape index (κ2) is 3.93. The summed E-state index contributed by atoms with van der Waals surface area (Å²) in [7, 11) is 0. The Bertz CT molecular complexity index is 365. The summed E-state index contributed by atoms with van der Waals surface area (Å²) in [6, 6.07) is 1.83. The van der Waals surface area contributed by atoms with Gasteiger partial charge in [-0.05, 0) is 35.7 Å². The van der Waals surface area contributed by atoms with Crippen molar-refractivity contribution in [1.29, 1.82) is 5.26 Å². The van der Waals surface area contributed by atoms with E-state index in [1.165, 1.54) is 0 Å². The first kappa shape index (κ1) is 12.8. The van der Waals surface area contributed by atoms with Crippen LogP contribution in [0, 0.1) is 22.2 Å². The van der Waals surface area contributed by atoms with Crippen LogP contribution < -0.4 is 0 Å². The second-order valence-electron chi connectivity index (χ2n) is 6.25. The van der Waals surface area contributed by atoms with E-state index in [4.69, 9.17) is 10.4 Å². The van der Waals surface area contributed by atoms with Gasteiger partial charge in [0.15, 0.2) is 0 Å². The van der Waals surface area contributed by atoms with Crippen LogP contribution in [0.4, 0.5) is 0 Å². The van der Waals surface area contributed by atoms with E-state index >= 15 is 0 Å². The molecule has 0 aromatic carbocycles. The zero-order valence-electron chi connectivity index (χ0n) is 10.4. The van der Waals surface area contributed by atoms with Gasteiger partial charge in [-0.3, -0.25) is 0 Å². The maximum atomic E-state index is 11.0. The lowest BCUT2D eigenvalue weighted by atomic mass is 9.63. The molecule has 1 N–H and O–H groups in total. The molecule has 1 aliphatic rings. The van der Waals surface area contributed by atoms with E-state index in [2.05, 4.69) is 27.7 Å². The highest BCUT2D eigenvalue weighted by Crippen LogP contribution is 2.48. The third kappa shape index (κ3) is 2.85. The smallest absolute Gasteiger partial charge is 0.346 e. The molecule has 0 amide bonds. The Labute approximate surface area is 96.8 Å². The van der Waals surface area contributed by atoms with Crippen molar-refractivity contribution >= 4 is 5.97 Å². The normalized spacial score (nSPS) is 22.3. The Morgan fingerprint density at radius 1 is 1.25 bits per heavy atom. The summed E-state index contributed by atoms with van der Waals surface area (Å²) < 4.78 is 0. The topological polar surface area (TPSA) is 61.1 Å². The van der Waals surface area contributed by atoms with Gasteiger partial charge < -0.3 is 5.11 Å². The Morgan fingerprint density at radius 2 is 1.69 bits per heavy atom. The summed E-state index contributed by atoms with van der Waals surface area (Å²) in [5, 5.41) is 17.9. The SMILES string of the molecule is CC1(C)CC(=C(C#N)C(=O)O)CC(C)(C)C1. The van der Waals surface area contributed by atoms with Crippen LogP contribution in [-0.2, 0) is 4.79 Å². The minimum atomic E-state index is -1.09. The molecule has 88 valence electrons. The first-order chi connectivity index (χ1) is 7.17. The summed E-state index contributed by atoms with van der Waals surface area (Å²) in [5.41, 5.74) is 0.903. The van der Waals surface area contributed by atoms with Gasteiger partial charge in [0, 0.05) is 0 Å². The average molecular weight is 221 g/mol. The molecule has 0 radical (unpaired) electrons. The molecule has 0 aromatic rings. The standard InChI is InChI=1S/C13H19NO2/c1-12(2)5-9(6-13(3,4)8-12)10(7-14)11(15)16/h5-6,8H2,1-4H3,(H,15,16). The zero-order valence-corrected chi connectivity index (χ0v) is 10.4. The Kier molecular flexibility index (Phi) is 3.14. The van der Waals surface area contributed by atoms with Crippen molar-refractivity contribution in [3.63, 3.8) is 0 Å². The summed E-state index contributed by atoms with van der Waals surface area (Å²) in [5.74, 6) is -1.09. The van der Waals surface area contributed by atoms with Crippen molar-refractivity contribution in [3.05, 3.63) is 11.1 Å². The minimum absolute atomic E-state index is 0.0548. The number of hydrogen-bond acceptors (Lipinski definition) is 2. The minimum Gasteiger partial charge on any atom is -0.477 e. The number of nitriles is 1. The molecule has 1 rings (SSSR count). The lowest BCUT2D eigenvalue weighted by Crippen LogP contribution is -2.31. The van der Waals surface area contributed by atoms with Gasteiger partial charge in [0.25, 0.3) is 0 Å². The molecule has 0 bridgehead atoms. The number of nitrogens with zero attached hydrogens (tertiary/aromatic N) is 1. The summed E-state index contributed by atoms with van der Waals surface area (Å²) in [6.07, 6.45) is 2.49. The van der Waals surface area contributed by atoms with Crippen LogP contribution in [0.3, 0.4) is 0 Å². The molecule has 0 aliphatic heterocycles. The van der Waals surface area contributed by atoms with E-state index in [1.54, 1.807) is 0 Å². The van der Waals surface area contributed by atoms with E-state index in [1.807, 2.05) is 6.07 Å². The number of carboxylic acid groups (broad SMARTS) is 1. The Morgan fingerprint density at radius 3 is 2.00 bits per heavy atom. The summed E-state index contributed by atoms with van der Waals surface area (Å²) in [6.45, 7) is 8.52. The van der Waals surface area contributed by atoms with Crippen molar-refractivity contribution in [2.75, 3.05) is 0 Å². The predicted molar refractivity (Wildman–Crippen MR) is 61.7 cm³/mol. The largest absolute Gasteiger partial charge is 0.477 e. The average Bonchev–Trinajstić information content (AvgIpc) is 1.97. The number of aliphatic carboxylic acids is 1. The van der Waals surface area contributed by atoms with Gasteiger partial charge in [-0.1, -0.05) is 27.7 Å². The molecule has 0 heterocycles. The van der Waals surface area contributed by atoms with Gasteiger partial charge in [-0.25, -0.2) is 4.79 Å². The van der Waals surface area contributed by atoms with Crippen molar-refractivity contribution in [1.82, 2.24) is 0 Å². The number of hydrogen-bond donors (Lipinski definition) is 1. The number of carbonyl (C=O) groups is 1. The summed E-state index contributed by atoms with van der Waals surface area (Å²) >= 11 is 0. The van der Waals surface area contributed by atoms with Crippen LogP contribution in [0.2, 0.25) is 0 Å². The lowest BCUT2D eigenvalue weighted by Gasteiger charge is -2.42. The van der Waals surface area contributed by atoms with Gasteiger partial charge in [-0.2, -0.15) is 5.26 Å². The van der Waals surface area contributed by atoms with Crippen molar-refractivity contribution < 1.29 is 9.90 Å². The fourth-order valence-corrected chi connectivity index (χ4v) is 3.09. The molecule has 3 nitrogen and oxygen atoms in total. The van der Waals surface area contributed by atoms with Crippen LogP contribution in [0.1, 0.15) is 47.0 Å². The van der Waals surface area contributed by atoms with Crippen molar-refractivity contribution in [3.8, 4) is 6.07 Å². The molecule has 1 saturated carbocycles. The fraction of sp³-hybridized carbons (Fsp3) is 0.692. The van der Waals surface area contributed by atoms with Gasteiger partial charge in [0.05, 0.1) is 0 Å². The van der Waals surface area contributed by atoms with Crippen LogP contribution >= 0.6 is 0 Å². The third-order valence-corrected chi connectivity index (χ3v) is 3.02. The monoisotopic (exact) mass is 221 g/mol. The molecule has 3 heteroatoms. The molecule has 1 aliphatic carbocycles. The number of allylic oxidation sites excluding steroid dienone is 1. The zero-order chi connectivity index (χ0) is 12.6.